The van der Waals surface area contributed by atoms with Gasteiger partial charge in [-0.3, -0.25) is 4.79 Å². The Bertz CT molecular complexity index is 604. The Kier molecular flexibility index (Phi) is 7.43. The highest BCUT2D eigenvalue weighted by Gasteiger charge is 2.50. The van der Waals surface area contributed by atoms with Gasteiger partial charge >= 0.3 is 11.9 Å². The molecule has 1 aromatic carbocycles. The van der Waals surface area contributed by atoms with Gasteiger partial charge < -0.3 is 14.8 Å². The number of esters is 2. The fraction of sp³-hybridized carbons (Fsp3) is 0.412. The summed E-state index contributed by atoms with van der Waals surface area (Å²) >= 11 is 0. The van der Waals surface area contributed by atoms with Crippen LogP contribution < -0.4 is 5.32 Å². The summed E-state index contributed by atoms with van der Waals surface area (Å²) in [5.74, 6) is -2.51. The molecule has 7 heteroatoms. The molecule has 0 aliphatic carbocycles. The standard InChI is InChI=1S/C17H20N2O5/c1-3-23-15(21)17(11-8-12-18,16(22)24-4-2)19-14(20)13-9-6-5-7-10-13/h5-7,9-10H,3-4,8,11H2,1-2H3,(H,19,20). The van der Waals surface area contributed by atoms with Crippen LogP contribution in [0.1, 0.15) is 37.0 Å². The molecule has 1 rings (SSSR count). The van der Waals surface area contributed by atoms with Crippen LogP contribution in [-0.4, -0.2) is 36.6 Å². The van der Waals surface area contributed by atoms with Gasteiger partial charge in [-0.15, -0.1) is 0 Å². The molecule has 128 valence electrons. The average molecular weight is 332 g/mol. The molecule has 0 saturated heterocycles. The molecule has 24 heavy (non-hydrogen) atoms. The van der Waals surface area contributed by atoms with E-state index in [2.05, 4.69) is 5.32 Å². The van der Waals surface area contributed by atoms with E-state index in [1.54, 1.807) is 44.2 Å². The van der Waals surface area contributed by atoms with Crippen molar-refractivity contribution in [1.82, 2.24) is 5.32 Å². The highest BCUT2D eigenvalue weighted by molar-refractivity contribution is 6.10. The third-order valence-corrected chi connectivity index (χ3v) is 3.22. The van der Waals surface area contributed by atoms with Gasteiger partial charge in [0, 0.05) is 18.4 Å². The molecule has 7 nitrogen and oxygen atoms in total. The van der Waals surface area contributed by atoms with Crippen LogP contribution >= 0.6 is 0 Å². The first kappa shape index (κ1) is 19.2. The number of nitriles is 1. The lowest BCUT2D eigenvalue weighted by atomic mass is 9.92. The maximum absolute atomic E-state index is 12.4. The van der Waals surface area contributed by atoms with Crippen molar-refractivity contribution >= 4 is 17.8 Å². The first-order valence-electron chi connectivity index (χ1n) is 7.60. The van der Waals surface area contributed by atoms with E-state index in [0.717, 1.165) is 0 Å². The van der Waals surface area contributed by atoms with E-state index in [-0.39, 0.29) is 31.6 Å². The van der Waals surface area contributed by atoms with Crippen LogP contribution in [0, 0.1) is 11.3 Å². The van der Waals surface area contributed by atoms with Crippen molar-refractivity contribution in [1.29, 1.82) is 5.26 Å². The van der Waals surface area contributed by atoms with Crippen molar-refractivity contribution < 1.29 is 23.9 Å². The number of nitrogens with zero attached hydrogens (tertiary/aromatic N) is 1. The van der Waals surface area contributed by atoms with Crippen LogP contribution in [0.25, 0.3) is 0 Å². The number of rotatable bonds is 8. The molecule has 0 unspecified atom stereocenters. The summed E-state index contributed by atoms with van der Waals surface area (Å²) < 4.78 is 9.89. The van der Waals surface area contributed by atoms with Crippen LogP contribution in [-0.2, 0) is 19.1 Å². The van der Waals surface area contributed by atoms with Crippen molar-refractivity contribution in [3.05, 3.63) is 35.9 Å². The molecule has 0 bridgehead atoms. The van der Waals surface area contributed by atoms with Crippen LogP contribution in [0.4, 0.5) is 0 Å². The number of hydrogen-bond donors (Lipinski definition) is 1. The fourth-order valence-electron chi connectivity index (χ4n) is 2.06. The summed E-state index contributed by atoms with van der Waals surface area (Å²) in [6, 6.07) is 9.99. The number of amides is 1. The second kappa shape index (κ2) is 9.30. The lowest BCUT2D eigenvalue weighted by Crippen LogP contribution is -2.61. The molecule has 0 aliphatic rings. The van der Waals surface area contributed by atoms with Gasteiger partial charge in [-0.1, -0.05) is 18.2 Å². The number of carbonyl (C=O) groups is 3. The molecule has 0 fully saturated rings. The monoisotopic (exact) mass is 332 g/mol. The number of benzene rings is 1. The molecular formula is C17H20N2O5. The Morgan fingerprint density at radius 3 is 2.08 bits per heavy atom. The third-order valence-electron chi connectivity index (χ3n) is 3.22. The van der Waals surface area contributed by atoms with Crippen molar-refractivity contribution in [2.75, 3.05) is 13.2 Å². The van der Waals surface area contributed by atoms with E-state index in [0.29, 0.717) is 0 Å². The Morgan fingerprint density at radius 1 is 1.08 bits per heavy atom. The molecule has 0 saturated carbocycles. The largest absolute Gasteiger partial charge is 0.464 e. The Morgan fingerprint density at radius 2 is 1.62 bits per heavy atom. The summed E-state index contributed by atoms with van der Waals surface area (Å²) in [4.78, 5) is 37.2. The lowest BCUT2D eigenvalue weighted by Gasteiger charge is -2.29. The average Bonchev–Trinajstić information content (AvgIpc) is 2.59. The van der Waals surface area contributed by atoms with Gasteiger partial charge in [0.05, 0.1) is 19.3 Å². The maximum Gasteiger partial charge on any atom is 0.343 e. The zero-order chi connectivity index (χ0) is 18.0. The predicted octanol–water partition coefficient (Wildman–Crippen LogP) is 1.59. The molecular weight excluding hydrogens is 312 g/mol. The smallest absolute Gasteiger partial charge is 0.343 e. The minimum Gasteiger partial charge on any atom is -0.464 e. The molecule has 0 aliphatic heterocycles. The van der Waals surface area contributed by atoms with Crippen LogP contribution in [0.2, 0.25) is 0 Å². The summed E-state index contributed by atoms with van der Waals surface area (Å²) in [5, 5.41) is 11.2. The second-order valence-corrected chi connectivity index (χ2v) is 4.82. The number of nitrogens with one attached hydrogen (secondary N) is 1. The van der Waals surface area contributed by atoms with Crippen LogP contribution in [0.3, 0.4) is 0 Å². The molecule has 0 aromatic heterocycles. The summed E-state index contributed by atoms with van der Waals surface area (Å²) in [7, 11) is 0. The topological polar surface area (TPSA) is 105 Å². The van der Waals surface area contributed by atoms with E-state index in [1.165, 1.54) is 0 Å². The van der Waals surface area contributed by atoms with Gasteiger partial charge in [-0.25, -0.2) is 9.59 Å². The zero-order valence-corrected chi connectivity index (χ0v) is 13.7. The third kappa shape index (κ3) is 4.56. The molecule has 1 N–H and O–H groups in total. The number of hydrogen-bond acceptors (Lipinski definition) is 6. The molecule has 0 heterocycles. The van der Waals surface area contributed by atoms with Gasteiger partial charge in [0.1, 0.15) is 0 Å². The number of carbonyl (C=O) groups excluding carboxylic acids is 3. The van der Waals surface area contributed by atoms with Gasteiger partial charge in [-0.05, 0) is 26.0 Å². The molecule has 0 radical (unpaired) electrons. The van der Waals surface area contributed by atoms with Crippen molar-refractivity contribution in [3.8, 4) is 6.07 Å². The first-order valence-corrected chi connectivity index (χ1v) is 7.60. The SMILES string of the molecule is CCOC(=O)C(CCC#N)(NC(=O)c1ccccc1)C(=O)OCC. The quantitative estimate of drug-likeness (QED) is 0.572. The summed E-state index contributed by atoms with van der Waals surface area (Å²) in [6.07, 6.45) is -0.369. The van der Waals surface area contributed by atoms with Crippen molar-refractivity contribution in [3.63, 3.8) is 0 Å². The van der Waals surface area contributed by atoms with Gasteiger partial charge in [0.25, 0.3) is 5.91 Å². The maximum atomic E-state index is 12.4. The summed E-state index contributed by atoms with van der Waals surface area (Å²) in [6.45, 7) is 3.20. The Balaban J connectivity index is 3.22. The Labute approximate surface area is 140 Å². The van der Waals surface area contributed by atoms with Gasteiger partial charge in [0.2, 0.25) is 5.54 Å². The van der Waals surface area contributed by atoms with Gasteiger partial charge in [-0.2, -0.15) is 5.26 Å². The van der Waals surface area contributed by atoms with E-state index in [1.807, 2.05) is 6.07 Å². The lowest BCUT2D eigenvalue weighted by molar-refractivity contribution is -0.166. The minimum absolute atomic E-state index is 0.0216. The van der Waals surface area contributed by atoms with E-state index in [9.17, 15) is 14.4 Å². The van der Waals surface area contributed by atoms with Crippen LogP contribution in [0.5, 0.6) is 0 Å². The van der Waals surface area contributed by atoms with Gasteiger partial charge in [0.15, 0.2) is 0 Å². The van der Waals surface area contributed by atoms with E-state index < -0.39 is 23.4 Å². The highest BCUT2D eigenvalue weighted by atomic mass is 16.6. The van der Waals surface area contributed by atoms with Crippen molar-refractivity contribution in [2.45, 2.75) is 32.2 Å². The zero-order valence-electron chi connectivity index (χ0n) is 13.7. The van der Waals surface area contributed by atoms with E-state index >= 15 is 0 Å². The van der Waals surface area contributed by atoms with Crippen LogP contribution in [0.15, 0.2) is 30.3 Å². The molecule has 1 aromatic rings. The second-order valence-electron chi connectivity index (χ2n) is 4.82. The summed E-state index contributed by atoms with van der Waals surface area (Å²) in [5.41, 5.74) is -1.78. The normalized spacial score (nSPS) is 10.4. The fourth-order valence-corrected chi connectivity index (χ4v) is 2.06. The predicted molar refractivity (Wildman–Crippen MR) is 84.8 cm³/mol. The highest BCUT2D eigenvalue weighted by Crippen LogP contribution is 2.19. The molecule has 0 atom stereocenters. The first-order chi connectivity index (χ1) is 11.5. The minimum atomic E-state index is -2.05. The number of ether oxygens (including phenoxy) is 2. The molecule has 0 spiro atoms. The van der Waals surface area contributed by atoms with E-state index in [4.69, 9.17) is 14.7 Å². The Hall–Kier alpha value is -2.88. The molecule has 1 amide bonds. The van der Waals surface area contributed by atoms with Crippen molar-refractivity contribution in [2.24, 2.45) is 0 Å².